The lowest BCUT2D eigenvalue weighted by atomic mass is 10.0. The molecule has 4 nitrogen and oxygen atoms in total. The minimum absolute atomic E-state index is 0.0168. The van der Waals surface area contributed by atoms with E-state index in [-0.39, 0.29) is 23.6 Å². The molecule has 37 heavy (non-hydrogen) atoms. The molecule has 3 aromatic rings. The molecule has 0 saturated carbocycles. The van der Waals surface area contributed by atoms with Crippen LogP contribution in [0.1, 0.15) is 42.5 Å². The minimum atomic E-state index is -0.635. The topological polar surface area (TPSA) is 49.4 Å². The first kappa shape index (κ1) is 29.1. The maximum Gasteiger partial charge on any atom is 0.243 e. The van der Waals surface area contributed by atoms with Crippen molar-refractivity contribution in [3.05, 3.63) is 105 Å². The first-order chi connectivity index (χ1) is 17.8. The number of carbonyl (C=O) groups excluding carboxylic acids is 2. The normalized spacial score (nSPS) is 12.6. The summed E-state index contributed by atoms with van der Waals surface area (Å²) in [4.78, 5) is 29.0. The average Bonchev–Trinajstić information content (AvgIpc) is 2.87. The zero-order valence-electron chi connectivity index (χ0n) is 21.5. The van der Waals surface area contributed by atoms with Crippen molar-refractivity contribution in [2.45, 2.75) is 58.0 Å². The molecule has 0 saturated heterocycles. The number of rotatable bonds is 12. The van der Waals surface area contributed by atoms with E-state index < -0.39 is 6.04 Å². The second kappa shape index (κ2) is 14.5. The van der Waals surface area contributed by atoms with Crippen LogP contribution in [0.3, 0.4) is 0 Å². The summed E-state index contributed by atoms with van der Waals surface area (Å²) in [6, 6.07) is 22.7. The van der Waals surface area contributed by atoms with Crippen LogP contribution in [0.25, 0.3) is 0 Å². The molecule has 2 amide bonds. The lowest BCUT2D eigenvalue weighted by Crippen LogP contribution is -2.52. The van der Waals surface area contributed by atoms with E-state index >= 15 is 0 Å². The van der Waals surface area contributed by atoms with Crippen molar-refractivity contribution in [3.63, 3.8) is 0 Å². The number of benzene rings is 3. The Morgan fingerprint density at radius 2 is 1.70 bits per heavy atom. The monoisotopic (exact) mass is 556 g/mol. The highest BCUT2D eigenvalue weighted by atomic mass is 35.5. The van der Waals surface area contributed by atoms with E-state index in [1.807, 2.05) is 75.4 Å². The summed E-state index contributed by atoms with van der Waals surface area (Å²) in [5.41, 5.74) is 4.03. The fourth-order valence-electron chi connectivity index (χ4n) is 3.97. The van der Waals surface area contributed by atoms with Gasteiger partial charge in [0.2, 0.25) is 11.8 Å². The average molecular weight is 558 g/mol. The van der Waals surface area contributed by atoms with Crippen molar-refractivity contribution >= 4 is 46.8 Å². The number of hydrogen-bond donors (Lipinski definition) is 1. The third kappa shape index (κ3) is 9.10. The van der Waals surface area contributed by atoms with E-state index in [1.54, 1.807) is 17.0 Å². The van der Waals surface area contributed by atoms with Gasteiger partial charge in [-0.1, -0.05) is 96.4 Å². The molecule has 3 aromatic carbocycles. The van der Waals surface area contributed by atoms with Crippen molar-refractivity contribution in [3.8, 4) is 0 Å². The highest BCUT2D eigenvalue weighted by Gasteiger charge is 2.31. The second-order valence-corrected chi connectivity index (χ2v) is 11.1. The third-order valence-corrected chi connectivity index (χ3v) is 7.76. The molecule has 0 aliphatic heterocycles. The largest absolute Gasteiger partial charge is 0.352 e. The molecular weight excluding hydrogens is 523 g/mol. The Morgan fingerprint density at radius 1 is 0.973 bits per heavy atom. The van der Waals surface area contributed by atoms with Crippen LogP contribution in [-0.4, -0.2) is 34.6 Å². The molecule has 0 spiro atoms. The van der Waals surface area contributed by atoms with Gasteiger partial charge >= 0.3 is 0 Å². The molecule has 7 heteroatoms. The van der Waals surface area contributed by atoms with Gasteiger partial charge in [0.25, 0.3) is 0 Å². The quantitative estimate of drug-likeness (QED) is 0.259. The van der Waals surface area contributed by atoms with Crippen LogP contribution in [0.5, 0.6) is 0 Å². The Balaban J connectivity index is 1.86. The Hall–Kier alpha value is -2.47. The summed E-state index contributed by atoms with van der Waals surface area (Å²) in [7, 11) is 0. The van der Waals surface area contributed by atoms with Crippen LogP contribution < -0.4 is 5.32 Å². The molecule has 0 radical (unpaired) electrons. The number of hydrogen-bond acceptors (Lipinski definition) is 3. The number of carbonyl (C=O) groups is 2. The number of amides is 2. The molecule has 3 rings (SSSR count). The fraction of sp³-hybridized carbons (Fsp3) is 0.333. The van der Waals surface area contributed by atoms with Gasteiger partial charge in [0.05, 0.1) is 5.75 Å². The predicted octanol–water partition coefficient (Wildman–Crippen LogP) is 7.09. The van der Waals surface area contributed by atoms with Crippen LogP contribution >= 0.6 is 35.0 Å². The number of nitrogens with zero attached hydrogens (tertiary/aromatic N) is 1. The predicted molar refractivity (Wildman–Crippen MR) is 156 cm³/mol. The van der Waals surface area contributed by atoms with Crippen LogP contribution in [0.15, 0.2) is 72.8 Å². The third-order valence-electron chi connectivity index (χ3n) is 6.21. The van der Waals surface area contributed by atoms with Gasteiger partial charge in [0.15, 0.2) is 0 Å². The highest BCUT2D eigenvalue weighted by Crippen LogP contribution is 2.25. The van der Waals surface area contributed by atoms with Crippen molar-refractivity contribution in [1.82, 2.24) is 10.2 Å². The van der Waals surface area contributed by atoms with E-state index in [9.17, 15) is 9.59 Å². The van der Waals surface area contributed by atoms with E-state index in [4.69, 9.17) is 23.2 Å². The maximum absolute atomic E-state index is 13.7. The molecule has 196 valence electrons. The van der Waals surface area contributed by atoms with Gasteiger partial charge in [-0.05, 0) is 49.1 Å². The minimum Gasteiger partial charge on any atom is -0.352 e. The smallest absolute Gasteiger partial charge is 0.243 e. The number of halogens is 2. The summed E-state index contributed by atoms with van der Waals surface area (Å²) in [5.74, 6) is 0.580. The van der Waals surface area contributed by atoms with Crippen LogP contribution in [0.4, 0.5) is 0 Å². The van der Waals surface area contributed by atoms with Gasteiger partial charge in [-0.2, -0.15) is 0 Å². The molecule has 0 aliphatic rings. The first-order valence-corrected chi connectivity index (χ1v) is 14.4. The molecule has 0 bridgehead atoms. The van der Waals surface area contributed by atoms with E-state index in [2.05, 4.69) is 11.4 Å². The Kier molecular flexibility index (Phi) is 11.4. The second-order valence-electron chi connectivity index (χ2n) is 9.26. The summed E-state index contributed by atoms with van der Waals surface area (Å²) < 4.78 is 0. The highest BCUT2D eigenvalue weighted by molar-refractivity contribution is 7.99. The maximum atomic E-state index is 13.7. The van der Waals surface area contributed by atoms with Gasteiger partial charge in [0.1, 0.15) is 6.04 Å². The zero-order chi connectivity index (χ0) is 26.8. The lowest BCUT2D eigenvalue weighted by molar-refractivity contribution is -0.139. The van der Waals surface area contributed by atoms with Crippen LogP contribution in [0.2, 0.25) is 10.0 Å². The Labute approximate surface area is 234 Å². The van der Waals surface area contributed by atoms with E-state index in [0.717, 1.165) is 28.7 Å². The Bertz CT molecular complexity index is 1190. The number of nitrogens with one attached hydrogen (secondary N) is 1. The van der Waals surface area contributed by atoms with E-state index in [1.165, 1.54) is 11.8 Å². The summed E-state index contributed by atoms with van der Waals surface area (Å²) in [6.45, 7) is 6.40. The van der Waals surface area contributed by atoms with Gasteiger partial charge in [0, 0.05) is 34.8 Å². The van der Waals surface area contributed by atoms with E-state index in [0.29, 0.717) is 28.8 Å². The van der Waals surface area contributed by atoms with Crippen LogP contribution in [0, 0.1) is 6.92 Å². The van der Waals surface area contributed by atoms with Crippen molar-refractivity contribution in [2.24, 2.45) is 0 Å². The van der Waals surface area contributed by atoms with Crippen LogP contribution in [-0.2, 0) is 28.3 Å². The number of aryl methyl sites for hydroxylation is 1. The molecule has 0 unspecified atom stereocenters. The summed E-state index contributed by atoms with van der Waals surface area (Å²) >= 11 is 13.8. The van der Waals surface area contributed by atoms with Gasteiger partial charge in [-0.25, -0.2) is 0 Å². The molecule has 1 N–H and O–H groups in total. The molecule has 0 aromatic heterocycles. The molecule has 2 atom stereocenters. The summed E-state index contributed by atoms with van der Waals surface area (Å²) in [6.07, 6.45) is 1.25. The van der Waals surface area contributed by atoms with Gasteiger partial charge in [-0.15, -0.1) is 11.8 Å². The standard InChI is InChI=1S/C30H34Cl2N2O2S/c1-4-22(3)33-30(36)28(16-23-10-6-5-7-11-23)34(18-24-12-8-9-21(2)15-24)29(35)20-37-19-25-13-14-26(31)17-27(25)32/h5-15,17,22,28H,4,16,18-20H2,1-3H3,(H,33,36)/t22-,28+/m0/s1. The fourth-order valence-corrected chi connectivity index (χ4v) is 5.44. The molecule has 0 fully saturated rings. The molecule has 0 heterocycles. The van der Waals surface area contributed by atoms with Crippen molar-refractivity contribution in [1.29, 1.82) is 0 Å². The SMILES string of the molecule is CC[C@H](C)NC(=O)[C@@H](Cc1ccccc1)N(Cc1cccc(C)c1)C(=O)CSCc1ccc(Cl)cc1Cl. The van der Waals surface area contributed by atoms with Gasteiger partial charge < -0.3 is 10.2 Å². The number of thioether (sulfide) groups is 1. The van der Waals surface area contributed by atoms with Crippen molar-refractivity contribution in [2.75, 3.05) is 5.75 Å². The summed E-state index contributed by atoms with van der Waals surface area (Å²) in [5, 5.41) is 4.27. The molecule has 0 aliphatic carbocycles. The Morgan fingerprint density at radius 3 is 2.38 bits per heavy atom. The van der Waals surface area contributed by atoms with Crippen molar-refractivity contribution < 1.29 is 9.59 Å². The zero-order valence-corrected chi connectivity index (χ0v) is 23.9. The lowest BCUT2D eigenvalue weighted by Gasteiger charge is -2.32. The molecular formula is C30H34Cl2N2O2S. The van der Waals surface area contributed by atoms with Gasteiger partial charge in [-0.3, -0.25) is 9.59 Å². The first-order valence-electron chi connectivity index (χ1n) is 12.5.